The maximum Gasteiger partial charge on any atom is 0.271 e. The molecule has 0 spiro atoms. The molecule has 2 rings (SSSR count). The number of ether oxygens (including phenoxy) is 1. The topological polar surface area (TPSA) is 93.5 Å². The number of non-ortho nitro benzene ring substituents is 1. The van der Waals surface area contributed by atoms with Gasteiger partial charge in [-0.05, 0) is 44.2 Å². The Morgan fingerprint density at radius 2 is 1.96 bits per heavy atom. The van der Waals surface area contributed by atoms with Crippen LogP contribution in [-0.4, -0.2) is 23.5 Å². The van der Waals surface area contributed by atoms with Crippen LogP contribution >= 0.6 is 11.6 Å². The molecule has 0 aromatic heterocycles. The zero-order valence-corrected chi connectivity index (χ0v) is 14.5. The van der Waals surface area contributed by atoms with Gasteiger partial charge in [0.05, 0.1) is 22.2 Å². The minimum absolute atomic E-state index is 0.146. The van der Waals surface area contributed by atoms with E-state index in [2.05, 4.69) is 10.6 Å². The van der Waals surface area contributed by atoms with Gasteiger partial charge in [0, 0.05) is 17.8 Å². The van der Waals surface area contributed by atoms with Gasteiger partial charge < -0.3 is 15.4 Å². The molecule has 8 heteroatoms. The average molecular weight is 364 g/mol. The van der Waals surface area contributed by atoms with Crippen molar-refractivity contribution in [3.8, 4) is 5.75 Å². The lowest BCUT2D eigenvalue weighted by Gasteiger charge is -2.16. The van der Waals surface area contributed by atoms with Crippen LogP contribution in [0.4, 0.5) is 17.1 Å². The first-order chi connectivity index (χ1) is 11.9. The number of hydrogen-bond donors (Lipinski definition) is 2. The number of carbonyl (C=O) groups excluding carboxylic acids is 1. The van der Waals surface area contributed by atoms with E-state index in [0.717, 1.165) is 11.4 Å². The van der Waals surface area contributed by atoms with E-state index in [1.807, 2.05) is 6.92 Å². The molecule has 0 bridgehead atoms. The van der Waals surface area contributed by atoms with Crippen molar-refractivity contribution in [2.45, 2.75) is 19.9 Å². The standard InChI is InChI=1S/C17H18ClN3O4/c1-3-25-14-7-4-12(5-8-14)19-11(2)17(22)20-16-10-13(21(23)24)6-9-15(16)18/h4-11,19H,3H2,1-2H3,(H,20,22)/t11-/m1/s1. The fourth-order valence-electron chi connectivity index (χ4n) is 2.09. The first kappa shape index (κ1) is 18.5. The molecule has 1 atom stereocenters. The largest absolute Gasteiger partial charge is 0.494 e. The lowest BCUT2D eigenvalue weighted by molar-refractivity contribution is -0.384. The molecule has 2 N–H and O–H groups in total. The van der Waals surface area contributed by atoms with E-state index in [9.17, 15) is 14.9 Å². The summed E-state index contributed by atoms with van der Waals surface area (Å²) in [5.41, 5.74) is 0.796. The Labute approximate surface area is 150 Å². The van der Waals surface area contributed by atoms with E-state index >= 15 is 0 Å². The summed E-state index contributed by atoms with van der Waals surface area (Å²) < 4.78 is 5.36. The maximum atomic E-state index is 12.3. The molecular weight excluding hydrogens is 346 g/mol. The summed E-state index contributed by atoms with van der Waals surface area (Å²) in [4.78, 5) is 22.6. The predicted molar refractivity (Wildman–Crippen MR) is 97.4 cm³/mol. The van der Waals surface area contributed by atoms with Gasteiger partial charge in [-0.3, -0.25) is 14.9 Å². The summed E-state index contributed by atoms with van der Waals surface area (Å²) in [6, 6.07) is 10.5. The molecule has 0 fully saturated rings. The van der Waals surface area contributed by atoms with Crippen LogP contribution in [0.5, 0.6) is 5.75 Å². The second kappa shape index (κ2) is 8.34. The Morgan fingerprint density at radius 3 is 2.56 bits per heavy atom. The van der Waals surface area contributed by atoms with Crippen molar-refractivity contribution in [2.75, 3.05) is 17.2 Å². The Morgan fingerprint density at radius 1 is 1.28 bits per heavy atom. The van der Waals surface area contributed by atoms with Crippen LogP contribution in [0.2, 0.25) is 5.02 Å². The van der Waals surface area contributed by atoms with Gasteiger partial charge in [0.1, 0.15) is 11.8 Å². The molecule has 0 saturated carbocycles. The predicted octanol–water partition coefficient (Wildman–Crippen LogP) is 4.09. The molecule has 0 aliphatic carbocycles. The molecule has 0 aliphatic rings. The van der Waals surface area contributed by atoms with Crippen LogP contribution in [0.25, 0.3) is 0 Å². The van der Waals surface area contributed by atoms with E-state index in [-0.39, 0.29) is 22.3 Å². The van der Waals surface area contributed by atoms with Crippen LogP contribution in [0.1, 0.15) is 13.8 Å². The van der Waals surface area contributed by atoms with Crippen molar-refractivity contribution < 1.29 is 14.5 Å². The van der Waals surface area contributed by atoms with Gasteiger partial charge in [-0.2, -0.15) is 0 Å². The summed E-state index contributed by atoms with van der Waals surface area (Å²) in [7, 11) is 0. The number of benzene rings is 2. The summed E-state index contributed by atoms with van der Waals surface area (Å²) in [5, 5.41) is 16.7. The lowest BCUT2D eigenvalue weighted by Crippen LogP contribution is -2.31. The molecule has 0 aliphatic heterocycles. The smallest absolute Gasteiger partial charge is 0.271 e. The maximum absolute atomic E-state index is 12.3. The number of amides is 1. The minimum atomic E-state index is -0.576. The number of nitrogens with zero attached hydrogens (tertiary/aromatic N) is 1. The number of rotatable bonds is 7. The van der Waals surface area contributed by atoms with Crippen molar-refractivity contribution in [3.63, 3.8) is 0 Å². The number of hydrogen-bond acceptors (Lipinski definition) is 5. The van der Waals surface area contributed by atoms with E-state index < -0.39 is 11.0 Å². The molecule has 132 valence electrons. The van der Waals surface area contributed by atoms with Gasteiger partial charge in [0.2, 0.25) is 5.91 Å². The minimum Gasteiger partial charge on any atom is -0.494 e. The summed E-state index contributed by atoms with van der Waals surface area (Å²) in [5.74, 6) is 0.379. The van der Waals surface area contributed by atoms with E-state index in [0.29, 0.717) is 6.61 Å². The zero-order valence-electron chi connectivity index (χ0n) is 13.8. The highest BCUT2D eigenvalue weighted by atomic mass is 35.5. The van der Waals surface area contributed by atoms with E-state index in [1.165, 1.54) is 18.2 Å². The van der Waals surface area contributed by atoms with Crippen LogP contribution in [0.15, 0.2) is 42.5 Å². The monoisotopic (exact) mass is 363 g/mol. The molecule has 25 heavy (non-hydrogen) atoms. The first-order valence-electron chi connectivity index (χ1n) is 7.65. The third-order valence-corrected chi connectivity index (χ3v) is 3.69. The van der Waals surface area contributed by atoms with Crippen molar-refractivity contribution in [1.82, 2.24) is 0 Å². The molecule has 2 aromatic carbocycles. The van der Waals surface area contributed by atoms with Crippen molar-refractivity contribution in [3.05, 3.63) is 57.6 Å². The SMILES string of the molecule is CCOc1ccc(N[C@H](C)C(=O)Nc2cc([N+](=O)[O-])ccc2Cl)cc1. The second-order valence-electron chi connectivity index (χ2n) is 5.23. The quantitative estimate of drug-likeness (QED) is 0.571. The Kier molecular flexibility index (Phi) is 6.19. The highest BCUT2D eigenvalue weighted by molar-refractivity contribution is 6.33. The molecule has 2 aromatic rings. The van der Waals surface area contributed by atoms with Crippen LogP contribution in [-0.2, 0) is 4.79 Å². The normalized spacial score (nSPS) is 11.5. The van der Waals surface area contributed by atoms with E-state index in [1.54, 1.807) is 31.2 Å². The van der Waals surface area contributed by atoms with Gasteiger partial charge in [-0.25, -0.2) is 0 Å². The Hall–Kier alpha value is -2.80. The van der Waals surface area contributed by atoms with Crippen molar-refractivity contribution >= 4 is 34.6 Å². The van der Waals surface area contributed by atoms with E-state index in [4.69, 9.17) is 16.3 Å². The zero-order chi connectivity index (χ0) is 18.4. The number of carbonyl (C=O) groups is 1. The molecule has 0 unspecified atom stereocenters. The van der Waals surface area contributed by atoms with Crippen molar-refractivity contribution in [1.29, 1.82) is 0 Å². The molecule has 1 amide bonds. The number of nitro benzene ring substituents is 1. The fraction of sp³-hybridized carbons (Fsp3) is 0.235. The molecule has 0 heterocycles. The van der Waals surface area contributed by atoms with Gasteiger partial charge in [0.25, 0.3) is 5.69 Å². The first-order valence-corrected chi connectivity index (χ1v) is 8.02. The Balaban J connectivity index is 2.02. The number of anilines is 2. The Bertz CT molecular complexity index is 765. The van der Waals surface area contributed by atoms with Gasteiger partial charge in [-0.1, -0.05) is 11.6 Å². The summed E-state index contributed by atoms with van der Waals surface area (Å²) in [6.07, 6.45) is 0. The molecule has 0 radical (unpaired) electrons. The molecule has 0 saturated heterocycles. The van der Waals surface area contributed by atoms with Crippen LogP contribution in [0.3, 0.4) is 0 Å². The highest BCUT2D eigenvalue weighted by Gasteiger charge is 2.16. The highest BCUT2D eigenvalue weighted by Crippen LogP contribution is 2.27. The third kappa shape index (κ3) is 5.09. The van der Waals surface area contributed by atoms with Gasteiger partial charge >= 0.3 is 0 Å². The second-order valence-corrected chi connectivity index (χ2v) is 5.64. The molecular formula is C17H18ClN3O4. The summed E-state index contributed by atoms with van der Waals surface area (Å²) >= 11 is 5.99. The fourth-order valence-corrected chi connectivity index (χ4v) is 2.26. The van der Waals surface area contributed by atoms with Gasteiger partial charge in [-0.15, -0.1) is 0 Å². The summed E-state index contributed by atoms with van der Waals surface area (Å²) in [6.45, 7) is 4.16. The van der Waals surface area contributed by atoms with Crippen LogP contribution in [0, 0.1) is 10.1 Å². The average Bonchev–Trinajstić information content (AvgIpc) is 2.58. The van der Waals surface area contributed by atoms with Crippen LogP contribution < -0.4 is 15.4 Å². The van der Waals surface area contributed by atoms with Crippen molar-refractivity contribution in [2.24, 2.45) is 0 Å². The number of nitrogens with one attached hydrogen (secondary N) is 2. The molecule has 7 nitrogen and oxygen atoms in total. The third-order valence-electron chi connectivity index (χ3n) is 3.36. The number of halogens is 1. The lowest BCUT2D eigenvalue weighted by atomic mass is 10.2. The number of nitro groups is 1. The van der Waals surface area contributed by atoms with Gasteiger partial charge in [0.15, 0.2) is 0 Å².